The number of carbonyl (C=O) groups excluding carboxylic acids is 1. The molecule has 4 rings (SSSR count). The van der Waals surface area contributed by atoms with Crippen molar-refractivity contribution in [2.45, 2.75) is 38.8 Å². The van der Waals surface area contributed by atoms with Gasteiger partial charge in [0, 0.05) is 34.5 Å². The van der Waals surface area contributed by atoms with Gasteiger partial charge in [0.25, 0.3) is 0 Å². The number of fused-ring (bicyclic) bond motifs is 2. The lowest BCUT2D eigenvalue weighted by molar-refractivity contribution is -0.126. The second kappa shape index (κ2) is 9.11. The van der Waals surface area contributed by atoms with E-state index in [0.29, 0.717) is 0 Å². The predicted octanol–water partition coefficient (Wildman–Crippen LogP) is 5.84. The van der Waals surface area contributed by atoms with Crippen LogP contribution in [0.25, 0.3) is 8.96 Å². The summed E-state index contributed by atoms with van der Waals surface area (Å²) in [6.07, 6.45) is 6.03. The van der Waals surface area contributed by atoms with Crippen LogP contribution in [0.15, 0.2) is 60.9 Å². The predicted molar refractivity (Wildman–Crippen MR) is 131 cm³/mol. The van der Waals surface area contributed by atoms with E-state index in [4.69, 9.17) is 0 Å². The van der Waals surface area contributed by atoms with E-state index in [1.54, 1.807) is 0 Å². The van der Waals surface area contributed by atoms with Crippen molar-refractivity contribution in [3.05, 3.63) is 83.2 Å². The Balaban J connectivity index is 1.51. The molecule has 2 aliphatic rings. The Morgan fingerprint density at radius 3 is 1.60 bits per heavy atom. The first-order valence-corrected chi connectivity index (χ1v) is 12.0. The second-order valence-corrected chi connectivity index (χ2v) is 9.71. The third kappa shape index (κ3) is 4.28. The summed E-state index contributed by atoms with van der Waals surface area (Å²) in [5.41, 5.74) is 5.05. The maximum absolute atomic E-state index is 13.5. The zero-order chi connectivity index (χ0) is 21.3. The highest BCUT2D eigenvalue weighted by molar-refractivity contribution is 9.15. The summed E-state index contributed by atoms with van der Waals surface area (Å²) in [6.45, 7) is 5.71. The van der Waals surface area contributed by atoms with Gasteiger partial charge in [-0.15, -0.1) is 0 Å². The number of halogens is 2. The Morgan fingerprint density at radius 2 is 1.17 bits per heavy atom. The van der Waals surface area contributed by atoms with E-state index >= 15 is 0 Å². The van der Waals surface area contributed by atoms with E-state index in [1.807, 2.05) is 13.8 Å². The molecule has 5 heteroatoms. The molecular weight excluding hydrogens is 504 g/mol. The molecule has 2 aromatic carbocycles. The van der Waals surface area contributed by atoms with Gasteiger partial charge in [-0.3, -0.25) is 4.79 Å². The fourth-order valence-electron chi connectivity index (χ4n) is 4.29. The van der Waals surface area contributed by atoms with Crippen LogP contribution >= 0.6 is 31.9 Å². The molecule has 2 unspecified atom stereocenters. The average Bonchev–Trinajstić information content (AvgIpc) is 3.04. The number of ketones is 1. The smallest absolute Gasteiger partial charge is 0.176 e. The maximum atomic E-state index is 13.5. The molecule has 156 valence electrons. The van der Waals surface area contributed by atoms with Crippen molar-refractivity contribution in [2.75, 3.05) is 13.1 Å². The molecule has 0 radical (unpaired) electrons. The highest BCUT2D eigenvalue weighted by Crippen LogP contribution is 2.31. The van der Waals surface area contributed by atoms with Crippen LogP contribution in [-0.2, 0) is 17.6 Å². The first kappa shape index (κ1) is 21.4. The molecule has 0 spiro atoms. The minimum atomic E-state index is -0.195. The quantitative estimate of drug-likeness (QED) is 0.497. The topological polar surface area (TPSA) is 23.6 Å². The molecule has 0 aliphatic carbocycles. The molecule has 0 saturated carbocycles. The van der Waals surface area contributed by atoms with Gasteiger partial charge in [-0.1, -0.05) is 48.5 Å². The minimum Gasteiger partial charge on any atom is -0.366 e. The van der Waals surface area contributed by atoms with Crippen molar-refractivity contribution in [1.29, 1.82) is 0 Å². The Morgan fingerprint density at radius 1 is 0.767 bits per heavy atom. The number of nitrogens with zero attached hydrogens (tertiary/aromatic N) is 2. The van der Waals surface area contributed by atoms with Gasteiger partial charge in [-0.2, -0.15) is 0 Å². The monoisotopic (exact) mass is 528 g/mol. The molecule has 2 heterocycles. The summed E-state index contributed by atoms with van der Waals surface area (Å²) in [5.74, 6) is 0.236. The van der Waals surface area contributed by atoms with Crippen LogP contribution in [0.2, 0.25) is 0 Å². The summed E-state index contributed by atoms with van der Waals surface area (Å²) in [4.78, 5) is 17.8. The van der Waals surface area contributed by atoms with Crippen molar-refractivity contribution < 1.29 is 4.79 Å². The largest absolute Gasteiger partial charge is 0.366 e. The number of Topliss-reactive ketones (excluding diaryl/α,β-unsaturated/α-hetero) is 1. The third-order valence-electron chi connectivity index (χ3n) is 6.20. The van der Waals surface area contributed by atoms with E-state index in [2.05, 4.69) is 103 Å². The number of rotatable bonds is 4. The Hall–Kier alpha value is -1.85. The number of hydrogen-bond donors (Lipinski definition) is 0. The summed E-state index contributed by atoms with van der Waals surface area (Å²) >= 11 is 7.45. The molecule has 0 N–H and O–H groups in total. The van der Waals surface area contributed by atoms with Gasteiger partial charge >= 0.3 is 0 Å². The molecule has 0 fully saturated rings. The summed E-state index contributed by atoms with van der Waals surface area (Å²) in [6, 6.07) is 16.5. The Labute approximate surface area is 195 Å². The first-order chi connectivity index (χ1) is 14.5. The van der Waals surface area contributed by atoms with Crippen molar-refractivity contribution in [1.82, 2.24) is 9.80 Å². The zero-order valence-electron chi connectivity index (χ0n) is 17.3. The average molecular weight is 530 g/mol. The van der Waals surface area contributed by atoms with E-state index < -0.39 is 0 Å². The molecule has 2 atom stereocenters. The van der Waals surface area contributed by atoms with Crippen molar-refractivity contribution in [3.8, 4) is 0 Å². The standard InChI is InChI=1S/C25H26Br2N2O/c1-17(28-13-11-19-7-3-5-9-21(19)23(26)15-28)25(30)18(2)29-14-12-20-8-4-6-10-22(20)24(27)16-29/h3-10,15-18H,11-14H2,1-2H3. The maximum Gasteiger partial charge on any atom is 0.176 e. The lowest BCUT2D eigenvalue weighted by Gasteiger charge is -2.32. The van der Waals surface area contributed by atoms with Crippen LogP contribution < -0.4 is 0 Å². The van der Waals surface area contributed by atoms with Gasteiger partial charge in [-0.25, -0.2) is 0 Å². The first-order valence-electron chi connectivity index (χ1n) is 10.4. The van der Waals surface area contributed by atoms with Crippen molar-refractivity contribution in [3.63, 3.8) is 0 Å². The molecule has 3 nitrogen and oxygen atoms in total. The van der Waals surface area contributed by atoms with Gasteiger partial charge in [-0.05, 0) is 80.8 Å². The fourth-order valence-corrected chi connectivity index (χ4v) is 5.59. The van der Waals surface area contributed by atoms with Gasteiger partial charge in [0.1, 0.15) is 0 Å². The van der Waals surface area contributed by atoms with E-state index in [9.17, 15) is 4.79 Å². The number of hydrogen-bond acceptors (Lipinski definition) is 3. The number of benzene rings is 2. The van der Waals surface area contributed by atoms with Crippen LogP contribution in [0.5, 0.6) is 0 Å². The van der Waals surface area contributed by atoms with E-state index in [1.165, 1.54) is 22.3 Å². The Kier molecular flexibility index (Phi) is 6.49. The molecule has 0 amide bonds. The molecule has 2 aromatic rings. The molecule has 0 bridgehead atoms. The molecular formula is C25H26Br2N2O. The van der Waals surface area contributed by atoms with Gasteiger partial charge in [0.05, 0.1) is 12.1 Å². The van der Waals surface area contributed by atoms with Crippen LogP contribution in [0.1, 0.15) is 36.1 Å². The zero-order valence-corrected chi connectivity index (χ0v) is 20.5. The molecule has 2 aliphatic heterocycles. The van der Waals surface area contributed by atoms with Crippen LogP contribution in [0, 0.1) is 0 Å². The molecule has 0 aromatic heterocycles. The lowest BCUT2D eigenvalue weighted by Crippen LogP contribution is -2.46. The van der Waals surface area contributed by atoms with Crippen molar-refractivity contribution >= 4 is 46.6 Å². The van der Waals surface area contributed by atoms with E-state index in [0.717, 1.165) is 34.9 Å². The second-order valence-electron chi connectivity index (χ2n) is 8.00. The Bertz CT molecular complexity index is 934. The van der Waals surface area contributed by atoms with Gasteiger partial charge in [0.15, 0.2) is 5.78 Å². The number of carbonyl (C=O) groups is 1. The van der Waals surface area contributed by atoms with Crippen LogP contribution in [0.3, 0.4) is 0 Å². The lowest BCUT2D eigenvalue weighted by atomic mass is 10.0. The SMILES string of the molecule is CC(C(=O)C(C)N1C=C(Br)c2ccccc2CC1)N1C=C(Br)c2ccccc2CC1. The normalized spacial score (nSPS) is 18.3. The highest BCUT2D eigenvalue weighted by Gasteiger charge is 2.29. The fraction of sp³-hybridized carbons (Fsp3) is 0.320. The van der Waals surface area contributed by atoms with E-state index in [-0.39, 0.29) is 17.9 Å². The van der Waals surface area contributed by atoms with Gasteiger partial charge in [0.2, 0.25) is 0 Å². The van der Waals surface area contributed by atoms with Gasteiger partial charge < -0.3 is 9.80 Å². The minimum absolute atomic E-state index is 0.195. The van der Waals surface area contributed by atoms with Crippen LogP contribution in [-0.4, -0.2) is 40.8 Å². The molecule has 30 heavy (non-hydrogen) atoms. The van der Waals surface area contributed by atoms with Crippen LogP contribution in [0.4, 0.5) is 0 Å². The summed E-state index contributed by atoms with van der Waals surface area (Å²) in [5, 5.41) is 0. The molecule has 0 saturated heterocycles. The third-order valence-corrected chi connectivity index (χ3v) is 7.47. The van der Waals surface area contributed by atoms with Crippen molar-refractivity contribution in [2.24, 2.45) is 0 Å². The highest BCUT2D eigenvalue weighted by atomic mass is 79.9. The summed E-state index contributed by atoms with van der Waals surface area (Å²) < 4.78 is 2.08. The summed E-state index contributed by atoms with van der Waals surface area (Å²) in [7, 11) is 0.